The van der Waals surface area contributed by atoms with E-state index in [2.05, 4.69) is 61.2 Å². The summed E-state index contributed by atoms with van der Waals surface area (Å²) < 4.78 is 11.6. The fraction of sp³-hybridized carbons (Fsp3) is 0.571. The summed E-state index contributed by atoms with van der Waals surface area (Å²) in [4.78, 5) is 13.0. The third kappa shape index (κ3) is 5.39. The second kappa shape index (κ2) is 9.46. The molecule has 4 atom stereocenters. The van der Waals surface area contributed by atoms with Crippen molar-refractivity contribution in [2.24, 2.45) is 5.92 Å². The van der Waals surface area contributed by atoms with Crippen molar-refractivity contribution in [3.05, 3.63) is 47.0 Å². The first-order valence-electron chi connectivity index (χ1n) is 9.72. The van der Waals surface area contributed by atoms with Crippen molar-refractivity contribution in [2.45, 2.75) is 45.4 Å². The van der Waals surface area contributed by atoms with Gasteiger partial charge >= 0.3 is 0 Å². The lowest BCUT2D eigenvalue weighted by molar-refractivity contribution is -0.129. The number of hydrogen-bond acceptors (Lipinski definition) is 5. The van der Waals surface area contributed by atoms with E-state index in [4.69, 9.17) is 9.47 Å². The van der Waals surface area contributed by atoms with Gasteiger partial charge in [-0.05, 0) is 32.8 Å². The number of carbonyl (C=O) groups excluding carboxylic acids is 1. The van der Waals surface area contributed by atoms with Gasteiger partial charge in [0.05, 0.1) is 37.3 Å². The van der Waals surface area contributed by atoms with E-state index in [0.29, 0.717) is 26.4 Å². The van der Waals surface area contributed by atoms with Crippen LogP contribution < -0.4 is 16.2 Å². The summed E-state index contributed by atoms with van der Waals surface area (Å²) in [5.74, 6) is -0.141. The SMILES string of the molecule is CC(C)=CCO[C@@H]1CCOC[C@@H]1NC(=O)C1CNNC1c1cccc(C)c1. The van der Waals surface area contributed by atoms with Gasteiger partial charge in [0.2, 0.25) is 5.91 Å². The number of rotatable bonds is 6. The van der Waals surface area contributed by atoms with Crippen LogP contribution in [-0.4, -0.2) is 44.4 Å². The molecule has 0 aromatic heterocycles. The maximum Gasteiger partial charge on any atom is 0.226 e. The third-order valence-electron chi connectivity index (χ3n) is 5.14. The molecule has 2 saturated heterocycles. The molecule has 0 aliphatic carbocycles. The van der Waals surface area contributed by atoms with Crippen molar-refractivity contribution in [3.8, 4) is 0 Å². The summed E-state index contributed by atoms with van der Waals surface area (Å²) in [5, 5.41) is 3.17. The summed E-state index contributed by atoms with van der Waals surface area (Å²) in [5.41, 5.74) is 9.92. The van der Waals surface area contributed by atoms with Crippen molar-refractivity contribution in [3.63, 3.8) is 0 Å². The molecule has 1 aromatic rings. The summed E-state index contributed by atoms with van der Waals surface area (Å²) in [6.07, 6.45) is 2.84. The second-order valence-electron chi connectivity index (χ2n) is 7.66. The Balaban J connectivity index is 1.62. The van der Waals surface area contributed by atoms with Crippen LogP contribution in [0.15, 0.2) is 35.9 Å². The van der Waals surface area contributed by atoms with E-state index in [-0.39, 0.29) is 30.0 Å². The van der Waals surface area contributed by atoms with Crippen molar-refractivity contribution >= 4 is 5.91 Å². The van der Waals surface area contributed by atoms with E-state index >= 15 is 0 Å². The van der Waals surface area contributed by atoms with E-state index in [1.54, 1.807) is 0 Å². The quantitative estimate of drug-likeness (QED) is 0.666. The minimum atomic E-state index is -0.174. The average Bonchev–Trinajstić information content (AvgIpc) is 3.13. The van der Waals surface area contributed by atoms with Gasteiger partial charge in [0.15, 0.2) is 0 Å². The highest BCUT2D eigenvalue weighted by atomic mass is 16.5. The predicted octanol–water partition coefficient (Wildman–Crippen LogP) is 2.02. The van der Waals surface area contributed by atoms with Crippen molar-refractivity contribution < 1.29 is 14.3 Å². The first-order chi connectivity index (χ1) is 13.0. The number of amides is 1. The smallest absolute Gasteiger partial charge is 0.226 e. The Hall–Kier alpha value is -1.73. The zero-order chi connectivity index (χ0) is 19.2. The lowest BCUT2D eigenvalue weighted by Gasteiger charge is -2.33. The van der Waals surface area contributed by atoms with E-state index in [0.717, 1.165) is 12.0 Å². The molecular formula is C21H31N3O3. The normalized spacial score (nSPS) is 28.0. The maximum absolute atomic E-state index is 13.0. The monoisotopic (exact) mass is 373 g/mol. The summed E-state index contributed by atoms with van der Waals surface area (Å²) in [6.45, 7) is 8.50. The van der Waals surface area contributed by atoms with Crippen LogP contribution in [0, 0.1) is 12.8 Å². The van der Waals surface area contributed by atoms with Crippen molar-refractivity contribution in [1.29, 1.82) is 0 Å². The largest absolute Gasteiger partial charge is 0.379 e. The molecule has 6 nitrogen and oxygen atoms in total. The Morgan fingerprint density at radius 2 is 2.26 bits per heavy atom. The van der Waals surface area contributed by atoms with Crippen LogP contribution in [-0.2, 0) is 14.3 Å². The molecule has 2 fully saturated rings. The standard InChI is InChI=1S/C21H31N3O3/c1-14(2)7-10-27-19-8-9-26-13-18(19)23-21(25)17-12-22-24-20(17)16-6-4-5-15(3)11-16/h4-7,11,17-20,22,24H,8-10,12-13H2,1-3H3,(H,23,25)/t17?,18-,19+,20?/m0/s1. The van der Waals surface area contributed by atoms with Crippen LogP contribution in [0.25, 0.3) is 0 Å². The molecule has 3 N–H and O–H groups in total. The second-order valence-corrected chi connectivity index (χ2v) is 7.66. The highest BCUT2D eigenvalue weighted by molar-refractivity contribution is 5.80. The number of hydrazine groups is 1. The van der Waals surface area contributed by atoms with Gasteiger partial charge in [-0.15, -0.1) is 0 Å². The van der Waals surface area contributed by atoms with E-state index < -0.39 is 0 Å². The number of ether oxygens (including phenoxy) is 2. The van der Waals surface area contributed by atoms with Gasteiger partial charge in [-0.3, -0.25) is 10.2 Å². The third-order valence-corrected chi connectivity index (χ3v) is 5.14. The molecule has 0 spiro atoms. The molecule has 0 saturated carbocycles. The van der Waals surface area contributed by atoms with Crippen LogP contribution in [0.4, 0.5) is 0 Å². The van der Waals surface area contributed by atoms with E-state index in [9.17, 15) is 4.79 Å². The maximum atomic E-state index is 13.0. The minimum Gasteiger partial charge on any atom is -0.379 e. The number of hydrogen-bond donors (Lipinski definition) is 3. The topological polar surface area (TPSA) is 71.6 Å². The highest BCUT2D eigenvalue weighted by Gasteiger charge is 2.36. The zero-order valence-corrected chi connectivity index (χ0v) is 16.5. The number of allylic oxidation sites excluding steroid dienone is 1. The van der Waals surface area contributed by atoms with E-state index in [1.165, 1.54) is 11.1 Å². The van der Waals surface area contributed by atoms with Gasteiger partial charge in [-0.2, -0.15) is 0 Å². The van der Waals surface area contributed by atoms with Crippen molar-refractivity contribution in [1.82, 2.24) is 16.2 Å². The van der Waals surface area contributed by atoms with Crippen LogP contribution >= 0.6 is 0 Å². The fourth-order valence-corrected chi connectivity index (χ4v) is 3.60. The molecule has 148 valence electrons. The molecule has 1 amide bonds. The average molecular weight is 373 g/mol. The molecule has 1 aromatic carbocycles. The zero-order valence-electron chi connectivity index (χ0n) is 16.5. The summed E-state index contributed by atoms with van der Waals surface area (Å²) in [7, 11) is 0. The molecule has 2 aliphatic rings. The fourth-order valence-electron chi connectivity index (χ4n) is 3.60. The number of nitrogens with one attached hydrogen (secondary N) is 3. The highest BCUT2D eigenvalue weighted by Crippen LogP contribution is 2.26. The van der Waals surface area contributed by atoms with Gasteiger partial charge in [-0.1, -0.05) is 41.5 Å². The van der Waals surface area contributed by atoms with Crippen LogP contribution in [0.3, 0.4) is 0 Å². The number of aryl methyl sites for hydroxylation is 1. The lowest BCUT2D eigenvalue weighted by Crippen LogP contribution is -2.52. The first kappa shape index (κ1) is 20.0. The van der Waals surface area contributed by atoms with Gasteiger partial charge < -0.3 is 14.8 Å². The summed E-state index contributed by atoms with van der Waals surface area (Å²) in [6, 6.07) is 8.12. The van der Waals surface area contributed by atoms with Gasteiger partial charge in [0, 0.05) is 13.2 Å². The molecule has 2 unspecified atom stereocenters. The Morgan fingerprint density at radius 3 is 3.04 bits per heavy atom. The molecule has 3 rings (SSSR count). The van der Waals surface area contributed by atoms with Gasteiger partial charge in [0.25, 0.3) is 0 Å². The molecule has 0 bridgehead atoms. The van der Waals surface area contributed by atoms with E-state index in [1.807, 2.05) is 6.07 Å². The Labute approximate surface area is 161 Å². The van der Waals surface area contributed by atoms with Crippen LogP contribution in [0.5, 0.6) is 0 Å². The first-order valence-corrected chi connectivity index (χ1v) is 9.72. The number of carbonyl (C=O) groups is 1. The van der Waals surface area contributed by atoms with Crippen LogP contribution in [0.2, 0.25) is 0 Å². The molecule has 0 radical (unpaired) electrons. The summed E-state index contributed by atoms with van der Waals surface area (Å²) >= 11 is 0. The van der Waals surface area contributed by atoms with Gasteiger partial charge in [-0.25, -0.2) is 5.43 Å². The molecular weight excluding hydrogens is 342 g/mol. The van der Waals surface area contributed by atoms with Gasteiger partial charge in [0.1, 0.15) is 0 Å². The molecule has 6 heteroatoms. The van der Waals surface area contributed by atoms with Crippen LogP contribution in [0.1, 0.15) is 37.4 Å². The molecule has 2 heterocycles. The minimum absolute atomic E-state index is 0.0157. The Bertz CT molecular complexity index is 672. The Kier molecular flexibility index (Phi) is 7.01. The van der Waals surface area contributed by atoms with Crippen molar-refractivity contribution in [2.75, 3.05) is 26.4 Å². The number of benzene rings is 1. The Morgan fingerprint density at radius 1 is 1.41 bits per heavy atom. The lowest BCUT2D eigenvalue weighted by atomic mass is 9.92. The molecule has 27 heavy (non-hydrogen) atoms. The predicted molar refractivity (Wildman–Crippen MR) is 105 cm³/mol. The molecule has 2 aliphatic heterocycles.